The third kappa shape index (κ3) is 5.09. The number of aromatic nitrogens is 1. The summed E-state index contributed by atoms with van der Waals surface area (Å²) in [5.41, 5.74) is 7.37. The monoisotopic (exact) mass is 466 g/mol. The Morgan fingerprint density at radius 1 is 1.06 bits per heavy atom. The van der Waals surface area contributed by atoms with Crippen LogP contribution < -0.4 is 10.5 Å². The van der Waals surface area contributed by atoms with Crippen molar-refractivity contribution in [3.8, 4) is 5.75 Å². The first-order valence-corrected chi connectivity index (χ1v) is 10.9. The number of carbonyl (C=O) groups excluding carboxylic acids is 3. The third-order valence-corrected chi connectivity index (χ3v) is 5.23. The number of nitrogens with zero attached hydrogens (tertiary/aromatic N) is 1. The number of ketones is 1. The molecule has 0 saturated carbocycles. The van der Waals surface area contributed by atoms with Gasteiger partial charge >= 0.3 is 11.9 Å². The van der Waals surface area contributed by atoms with Crippen LogP contribution in [-0.4, -0.2) is 46.5 Å². The van der Waals surface area contributed by atoms with Crippen LogP contribution in [-0.2, 0) is 27.3 Å². The molecular weight excluding hydrogens is 440 g/mol. The Kier molecular flexibility index (Phi) is 7.68. The van der Waals surface area contributed by atoms with E-state index >= 15 is 0 Å². The first kappa shape index (κ1) is 24.5. The van der Waals surface area contributed by atoms with Gasteiger partial charge in [0, 0.05) is 12.2 Å². The van der Waals surface area contributed by atoms with E-state index in [-0.39, 0.29) is 28.9 Å². The Bertz CT molecular complexity index is 1250. The van der Waals surface area contributed by atoms with Crippen LogP contribution in [0.4, 0.5) is 0 Å². The minimum atomic E-state index is -1.24. The molecule has 0 aliphatic rings. The summed E-state index contributed by atoms with van der Waals surface area (Å²) in [6.45, 7) is 3.51. The number of Topliss-reactive ketones (excluding diaryl/α,β-unsaturated/α-hetero) is 1. The van der Waals surface area contributed by atoms with E-state index in [9.17, 15) is 19.2 Å². The van der Waals surface area contributed by atoms with E-state index in [4.69, 9.17) is 20.3 Å². The van der Waals surface area contributed by atoms with Crippen molar-refractivity contribution < 1.29 is 33.8 Å². The Labute approximate surface area is 196 Å². The second kappa shape index (κ2) is 10.7. The normalized spacial score (nSPS) is 10.8. The van der Waals surface area contributed by atoms with E-state index in [1.54, 1.807) is 6.07 Å². The molecule has 1 heterocycles. The van der Waals surface area contributed by atoms with Gasteiger partial charge < -0.3 is 24.9 Å². The average Bonchev–Trinajstić information content (AvgIpc) is 3.13. The Hall–Kier alpha value is -4.14. The SMILES string of the molecule is CCCOC(=O)c1cc(OCC(=O)O)c2c(C(=O)C(N)=O)c(CC)n(Cc3ccccc3)c2c1. The number of hydrogen-bond acceptors (Lipinski definition) is 6. The summed E-state index contributed by atoms with van der Waals surface area (Å²) in [5, 5.41) is 9.37. The number of aliphatic carboxylic acids is 1. The van der Waals surface area contributed by atoms with E-state index in [0.29, 0.717) is 30.6 Å². The van der Waals surface area contributed by atoms with Gasteiger partial charge in [-0.3, -0.25) is 9.59 Å². The van der Waals surface area contributed by atoms with Gasteiger partial charge in [-0.15, -0.1) is 0 Å². The topological polar surface area (TPSA) is 138 Å². The second-order valence-corrected chi connectivity index (χ2v) is 7.63. The molecule has 3 rings (SSSR count). The number of ether oxygens (including phenoxy) is 2. The first-order valence-electron chi connectivity index (χ1n) is 10.9. The van der Waals surface area contributed by atoms with Crippen molar-refractivity contribution in [3.05, 3.63) is 64.8 Å². The maximum Gasteiger partial charge on any atom is 0.341 e. The fourth-order valence-corrected chi connectivity index (χ4v) is 3.82. The van der Waals surface area contributed by atoms with Crippen LogP contribution in [0.25, 0.3) is 10.9 Å². The minimum absolute atomic E-state index is 0.0190. The highest BCUT2D eigenvalue weighted by Gasteiger charge is 2.29. The Morgan fingerprint density at radius 2 is 1.76 bits per heavy atom. The summed E-state index contributed by atoms with van der Waals surface area (Å²) in [6, 6.07) is 12.3. The molecule has 0 unspecified atom stereocenters. The van der Waals surface area contributed by atoms with Crippen LogP contribution in [0.2, 0.25) is 0 Å². The van der Waals surface area contributed by atoms with Crippen LogP contribution >= 0.6 is 0 Å². The van der Waals surface area contributed by atoms with Gasteiger partial charge in [0.05, 0.1) is 28.6 Å². The van der Waals surface area contributed by atoms with Crippen molar-refractivity contribution in [2.45, 2.75) is 33.2 Å². The number of primary amides is 1. The summed E-state index contributed by atoms with van der Waals surface area (Å²) >= 11 is 0. The number of rotatable bonds is 11. The van der Waals surface area contributed by atoms with Crippen LogP contribution in [0.5, 0.6) is 5.75 Å². The summed E-state index contributed by atoms with van der Waals surface area (Å²) in [6.07, 6.45) is 0.988. The maximum absolute atomic E-state index is 12.9. The van der Waals surface area contributed by atoms with Gasteiger partial charge in [0.2, 0.25) is 0 Å². The highest BCUT2D eigenvalue weighted by Crippen LogP contribution is 2.37. The quantitative estimate of drug-likeness (QED) is 0.252. The lowest BCUT2D eigenvalue weighted by molar-refractivity contribution is -0.139. The van der Waals surface area contributed by atoms with E-state index in [2.05, 4.69) is 0 Å². The summed E-state index contributed by atoms with van der Waals surface area (Å²) in [7, 11) is 0. The lowest BCUT2D eigenvalue weighted by Gasteiger charge is -2.12. The predicted molar refractivity (Wildman–Crippen MR) is 124 cm³/mol. The lowest BCUT2D eigenvalue weighted by atomic mass is 10.0. The molecular formula is C25H26N2O7. The van der Waals surface area contributed by atoms with Crippen molar-refractivity contribution >= 4 is 34.5 Å². The molecule has 0 atom stereocenters. The molecule has 34 heavy (non-hydrogen) atoms. The van der Waals surface area contributed by atoms with Crippen molar-refractivity contribution in [3.63, 3.8) is 0 Å². The minimum Gasteiger partial charge on any atom is -0.481 e. The smallest absolute Gasteiger partial charge is 0.341 e. The zero-order valence-electron chi connectivity index (χ0n) is 19.0. The molecule has 1 amide bonds. The van der Waals surface area contributed by atoms with Gasteiger partial charge in [-0.25, -0.2) is 9.59 Å². The number of esters is 1. The predicted octanol–water partition coefficient (Wildman–Crippen LogP) is 2.95. The van der Waals surface area contributed by atoms with Gasteiger partial charge in [-0.2, -0.15) is 0 Å². The summed E-state index contributed by atoms with van der Waals surface area (Å²) < 4.78 is 12.5. The van der Waals surface area contributed by atoms with Crippen molar-refractivity contribution in [1.82, 2.24) is 4.57 Å². The van der Waals surface area contributed by atoms with Crippen molar-refractivity contribution in [2.24, 2.45) is 5.73 Å². The highest BCUT2D eigenvalue weighted by atomic mass is 16.5. The van der Waals surface area contributed by atoms with Gasteiger partial charge in [0.1, 0.15) is 5.75 Å². The molecule has 3 aromatic rings. The zero-order valence-corrected chi connectivity index (χ0v) is 19.0. The molecule has 0 spiro atoms. The fourth-order valence-electron chi connectivity index (χ4n) is 3.82. The molecule has 0 aliphatic heterocycles. The number of amides is 1. The van der Waals surface area contributed by atoms with E-state index in [1.165, 1.54) is 6.07 Å². The molecule has 0 aliphatic carbocycles. The molecule has 0 bridgehead atoms. The molecule has 1 aromatic heterocycles. The molecule has 0 saturated heterocycles. The Morgan fingerprint density at radius 3 is 2.35 bits per heavy atom. The van der Waals surface area contributed by atoms with E-state index < -0.39 is 30.2 Å². The Balaban J connectivity index is 2.35. The number of carboxylic acid groups (broad SMARTS) is 1. The lowest BCUT2D eigenvalue weighted by Crippen LogP contribution is -2.24. The van der Waals surface area contributed by atoms with E-state index in [0.717, 1.165) is 5.56 Å². The molecule has 2 aromatic carbocycles. The molecule has 3 N–H and O–H groups in total. The number of benzene rings is 2. The van der Waals surface area contributed by atoms with Crippen molar-refractivity contribution in [1.29, 1.82) is 0 Å². The maximum atomic E-state index is 12.9. The average molecular weight is 466 g/mol. The highest BCUT2D eigenvalue weighted by molar-refractivity contribution is 6.45. The van der Waals surface area contributed by atoms with Crippen LogP contribution in [0.15, 0.2) is 42.5 Å². The number of nitrogens with two attached hydrogens (primary N) is 1. The van der Waals surface area contributed by atoms with Crippen molar-refractivity contribution in [2.75, 3.05) is 13.2 Å². The largest absolute Gasteiger partial charge is 0.481 e. The second-order valence-electron chi connectivity index (χ2n) is 7.63. The summed E-state index contributed by atoms with van der Waals surface area (Å²) in [5.74, 6) is -3.94. The number of fused-ring (bicyclic) bond motifs is 1. The fraction of sp³-hybridized carbons (Fsp3) is 0.280. The van der Waals surface area contributed by atoms with Gasteiger partial charge in [-0.05, 0) is 30.5 Å². The molecule has 0 fully saturated rings. The molecule has 9 heteroatoms. The summed E-state index contributed by atoms with van der Waals surface area (Å²) in [4.78, 5) is 48.7. The number of hydrogen-bond donors (Lipinski definition) is 2. The van der Waals surface area contributed by atoms with Gasteiger partial charge in [0.15, 0.2) is 6.61 Å². The number of carbonyl (C=O) groups is 4. The number of carboxylic acids is 1. The van der Waals surface area contributed by atoms with Crippen LogP contribution in [0.3, 0.4) is 0 Å². The van der Waals surface area contributed by atoms with Gasteiger partial charge in [0.25, 0.3) is 11.7 Å². The molecule has 9 nitrogen and oxygen atoms in total. The van der Waals surface area contributed by atoms with E-state index in [1.807, 2.05) is 48.7 Å². The third-order valence-electron chi connectivity index (χ3n) is 5.23. The van der Waals surface area contributed by atoms with Crippen LogP contribution in [0, 0.1) is 0 Å². The first-order chi connectivity index (χ1) is 16.3. The standard InChI is InChI=1S/C25H26N2O7/c1-3-10-33-25(32)16-11-18-21(19(12-16)34-14-20(28)29)22(23(30)24(26)31)17(4-2)27(18)13-15-8-6-5-7-9-15/h5-9,11-12H,3-4,10,13-14H2,1-2H3,(H2,26,31)(H,28,29). The molecule has 178 valence electrons. The van der Waals surface area contributed by atoms with Crippen LogP contribution in [0.1, 0.15) is 52.2 Å². The molecule has 0 radical (unpaired) electrons. The zero-order chi connectivity index (χ0) is 24.8. The van der Waals surface area contributed by atoms with Gasteiger partial charge in [-0.1, -0.05) is 44.2 Å².